The molecule has 3 aromatic rings. The van der Waals surface area contributed by atoms with E-state index >= 15 is 0 Å². The number of aryl methyl sites for hydroxylation is 2. The van der Waals surface area contributed by atoms with Crippen molar-refractivity contribution in [1.29, 1.82) is 0 Å². The van der Waals surface area contributed by atoms with E-state index in [0.29, 0.717) is 23.7 Å². The van der Waals surface area contributed by atoms with Gasteiger partial charge in [-0.05, 0) is 63.1 Å². The molecule has 1 fully saturated rings. The molecule has 2 N–H and O–H groups in total. The second kappa shape index (κ2) is 9.17. The van der Waals surface area contributed by atoms with Crippen LogP contribution in [0.5, 0.6) is 0 Å². The molecule has 0 spiro atoms. The monoisotopic (exact) mass is 433 g/mol. The second-order valence-corrected chi connectivity index (χ2v) is 8.13. The highest BCUT2D eigenvalue weighted by molar-refractivity contribution is 5.94. The lowest BCUT2D eigenvalue weighted by molar-refractivity contribution is -0.120. The van der Waals surface area contributed by atoms with Crippen LogP contribution in [-0.2, 0) is 9.59 Å². The van der Waals surface area contributed by atoms with Crippen LogP contribution < -0.4 is 15.5 Å². The van der Waals surface area contributed by atoms with E-state index in [9.17, 15) is 9.59 Å². The maximum atomic E-state index is 12.9. The summed E-state index contributed by atoms with van der Waals surface area (Å²) >= 11 is 0. The minimum absolute atomic E-state index is 0.0399. The number of carbonyl (C=O) groups is 2. The van der Waals surface area contributed by atoms with Crippen LogP contribution in [0.4, 0.5) is 17.2 Å². The number of carbonyl (C=O) groups excluding carboxylic acids is 2. The number of benzene rings is 1. The average Bonchev–Trinajstić information content (AvgIpc) is 3.11. The molecule has 0 radical (unpaired) electrons. The van der Waals surface area contributed by atoms with Crippen LogP contribution >= 0.6 is 0 Å². The van der Waals surface area contributed by atoms with Gasteiger partial charge < -0.3 is 15.5 Å². The molecule has 1 atom stereocenters. The number of hydrogen-bond donors (Lipinski definition) is 2. The molecule has 2 aromatic heterocycles. The molecule has 1 aliphatic heterocycles. The van der Waals surface area contributed by atoms with E-state index in [1.165, 1.54) is 6.92 Å². The summed E-state index contributed by atoms with van der Waals surface area (Å²) in [7, 11) is 0. The molecule has 9 heteroatoms. The third kappa shape index (κ3) is 4.93. The fourth-order valence-corrected chi connectivity index (χ4v) is 3.98. The Bertz CT molecular complexity index is 1120. The summed E-state index contributed by atoms with van der Waals surface area (Å²) in [6.07, 6.45) is 1.70. The number of amides is 2. The zero-order chi connectivity index (χ0) is 22.7. The zero-order valence-electron chi connectivity index (χ0n) is 18.5. The predicted molar refractivity (Wildman–Crippen MR) is 123 cm³/mol. The highest BCUT2D eigenvalue weighted by atomic mass is 16.2. The zero-order valence-corrected chi connectivity index (χ0v) is 18.5. The Morgan fingerprint density at radius 3 is 2.38 bits per heavy atom. The molecule has 3 heterocycles. The second-order valence-electron chi connectivity index (χ2n) is 8.13. The highest BCUT2D eigenvalue weighted by Crippen LogP contribution is 2.24. The van der Waals surface area contributed by atoms with Crippen LogP contribution in [0.25, 0.3) is 5.82 Å². The molecule has 32 heavy (non-hydrogen) atoms. The van der Waals surface area contributed by atoms with Gasteiger partial charge >= 0.3 is 0 Å². The van der Waals surface area contributed by atoms with Gasteiger partial charge in [0, 0.05) is 37.1 Å². The maximum Gasteiger partial charge on any atom is 0.229 e. The topological polar surface area (TPSA) is 105 Å². The molecule has 166 valence electrons. The Kier molecular flexibility index (Phi) is 6.16. The van der Waals surface area contributed by atoms with E-state index in [1.807, 2.05) is 38.1 Å². The molecule has 1 unspecified atom stereocenters. The van der Waals surface area contributed by atoms with Crippen molar-refractivity contribution in [2.45, 2.75) is 33.6 Å². The minimum atomic E-state index is -0.161. The van der Waals surface area contributed by atoms with Crippen molar-refractivity contribution < 1.29 is 9.59 Å². The van der Waals surface area contributed by atoms with E-state index in [-0.39, 0.29) is 17.7 Å². The Morgan fingerprint density at radius 1 is 1.00 bits per heavy atom. The largest absolute Gasteiger partial charge is 0.354 e. The Balaban J connectivity index is 1.41. The smallest absolute Gasteiger partial charge is 0.229 e. The number of piperidine rings is 1. The molecule has 2 amide bonds. The van der Waals surface area contributed by atoms with Crippen molar-refractivity contribution in [3.8, 4) is 5.82 Å². The molecule has 4 rings (SSSR count). The Labute approximate surface area is 186 Å². The van der Waals surface area contributed by atoms with Gasteiger partial charge in [-0.15, -0.1) is 10.2 Å². The van der Waals surface area contributed by atoms with Crippen LogP contribution in [0.2, 0.25) is 0 Å². The van der Waals surface area contributed by atoms with Crippen molar-refractivity contribution in [2.75, 3.05) is 28.6 Å². The third-order valence-corrected chi connectivity index (χ3v) is 5.43. The van der Waals surface area contributed by atoms with Crippen molar-refractivity contribution in [1.82, 2.24) is 20.0 Å². The third-order valence-electron chi connectivity index (χ3n) is 5.43. The number of nitrogens with zero attached hydrogens (tertiary/aromatic N) is 5. The van der Waals surface area contributed by atoms with Gasteiger partial charge in [0.2, 0.25) is 11.8 Å². The van der Waals surface area contributed by atoms with Crippen LogP contribution in [0.1, 0.15) is 31.2 Å². The summed E-state index contributed by atoms with van der Waals surface area (Å²) in [4.78, 5) is 26.2. The van der Waals surface area contributed by atoms with Crippen LogP contribution in [0, 0.1) is 19.8 Å². The van der Waals surface area contributed by atoms with Gasteiger partial charge in [-0.2, -0.15) is 5.10 Å². The number of hydrogen-bond acceptors (Lipinski definition) is 6. The quantitative estimate of drug-likeness (QED) is 0.641. The minimum Gasteiger partial charge on any atom is -0.354 e. The summed E-state index contributed by atoms with van der Waals surface area (Å²) in [6.45, 7) is 6.78. The molecule has 1 aliphatic rings. The van der Waals surface area contributed by atoms with Gasteiger partial charge in [0.05, 0.1) is 11.6 Å². The first kappa shape index (κ1) is 21.5. The van der Waals surface area contributed by atoms with Crippen molar-refractivity contribution in [3.63, 3.8) is 0 Å². The van der Waals surface area contributed by atoms with Crippen LogP contribution in [0.15, 0.2) is 42.5 Å². The molecule has 0 aliphatic carbocycles. The molecule has 0 saturated carbocycles. The first-order chi connectivity index (χ1) is 15.4. The normalized spacial score (nSPS) is 16.0. The fraction of sp³-hybridized carbons (Fsp3) is 0.348. The first-order valence-electron chi connectivity index (χ1n) is 10.7. The summed E-state index contributed by atoms with van der Waals surface area (Å²) in [5.41, 5.74) is 3.24. The summed E-state index contributed by atoms with van der Waals surface area (Å²) in [6, 6.07) is 13.0. The lowest BCUT2D eigenvalue weighted by Gasteiger charge is -2.32. The molecular weight excluding hydrogens is 406 g/mol. The standard InChI is InChI=1S/C23H27N7O2/c1-15-12-16(2)30(28-15)22-10-9-21(26-27-22)29-11-5-6-18(14-29)23(32)25-20-8-4-7-19(13-20)24-17(3)31/h4,7-10,12-13,18H,5-6,11,14H2,1-3H3,(H,24,31)(H,25,32). The summed E-state index contributed by atoms with van der Waals surface area (Å²) in [5, 5.41) is 18.9. The van der Waals surface area contributed by atoms with Crippen molar-refractivity contribution in [3.05, 3.63) is 53.9 Å². The SMILES string of the molecule is CC(=O)Nc1cccc(NC(=O)C2CCCN(c3ccc(-n4nc(C)cc4C)nn3)C2)c1. The molecule has 9 nitrogen and oxygen atoms in total. The van der Waals surface area contributed by atoms with E-state index in [1.54, 1.807) is 22.9 Å². The van der Waals surface area contributed by atoms with Crippen molar-refractivity contribution >= 4 is 29.0 Å². The molecule has 1 saturated heterocycles. The summed E-state index contributed by atoms with van der Waals surface area (Å²) in [5.74, 6) is 1.07. The number of nitrogens with one attached hydrogen (secondary N) is 2. The van der Waals surface area contributed by atoms with Gasteiger partial charge in [-0.1, -0.05) is 6.07 Å². The van der Waals surface area contributed by atoms with Gasteiger partial charge in [-0.25, -0.2) is 4.68 Å². The van der Waals surface area contributed by atoms with E-state index in [2.05, 4.69) is 30.8 Å². The molecule has 0 bridgehead atoms. The van der Waals surface area contributed by atoms with Gasteiger partial charge in [0.25, 0.3) is 0 Å². The molecule has 1 aromatic carbocycles. The average molecular weight is 434 g/mol. The highest BCUT2D eigenvalue weighted by Gasteiger charge is 2.27. The lowest BCUT2D eigenvalue weighted by atomic mass is 9.97. The number of aromatic nitrogens is 4. The van der Waals surface area contributed by atoms with E-state index < -0.39 is 0 Å². The Hall–Kier alpha value is -3.75. The first-order valence-corrected chi connectivity index (χ1v) is 10.7. The number of rotatable bonds is 5. The Morgan fingerprint density at radius 2 is 1.72 bits per heavy atom. The van der Waals surface area contributed by atoms with E-state index in [0.717, 1.165) is 36.6 Å². The van der Waals surface area contributed by atoms with Gasteiger partial charge in [0.1, 0.15) is 0 Å². The van der Waals surface area contributed by atoms with Crippen LogP contribution in [0.3, 0.4) is 0 Å². The van der Waals surface area contributed by atoms with Gasteiger partial charge in [-0.3, -0.25) is 9.59 Å². The van der Waals surface area contributed by atoms with Gasteiger partial charge in [0.15, 0.2) is 11.6 Å². The van der Waals surface area contributed by atoms with Crippen molar-refractivity contribution in [2.24, 2.45) is 5.92 Å². The van der Waals surface area contributed by atoms with Crippen LogP contribution in [-0.4, -0.2) is 44.9 Å². The lowest BCUT2D eigenvalue weighted by Crippen LogP contribution is -2.41. The fourth-order valence-electron chi connectivity index (χ4n) is 3.98. The maximum absolute atomic E-state index is 12.9. The predicted octanol–water partition coefficient (Wildman–Crippen LogP) is 3.09. The summed E-state index contributed by atoms with van der Waals surface area (Å²) < 4.78 is 1.77. The molecular formula is C23H27N7O2. The van der Waals surface area contributed by atoms with E-state index in [4.69, 9.17) is 0 Å². The number of anilines is 3.